The number of nitrogens with zero attached hydrogens (tertiary/aromatic N) is 1. The van der Waals surface area contributed by atoms with E-state index in [2.05, 4.69) is 5.32 Å². The van der Waals surface area contributed by atoms with Crippen LogP contribution < -0.4 is 10.1 Å². The number of anilines is 1. The zero-order valence-corrected chi connectivity index (χ0v) is 19.1. The van der Waals surface area contributed by atoms with E-state index in [9.17, 15) is 14.9 Å². The lowest BCUT2D eigenvalue weighted by Crippen LogP contribution is -2.13. The summed E-state index contributed by atoms with van der Waals surface area (Å²) in [5.74, 6) is -1.04. The summed E-state index contributed by atoms with van der Waals surface area (Å²) in [5, 5.41) is 13.2. The van der Waals surface area contributed by atoms with E-state index >= 15 is 0 Å². The number of carbonyl (C=O) groups is 2. The molecule has 0 bridgehead atoms. The molecule has 9 heteroatoms. The molecule has 0 heterocycles. The van der Waals surface area contributed by atoms with Gasteiger partial charge >= 0.3 is 5.97 Å². The van der Waals surface area contributed by atoms with Crippen LogP contribution in [0.25, 0.3) is 6.08 Å². The van der Waals surface area contributed by atoms with Gasteiger partial charge in [-0.3, -0.25) is 4.79 Å². The molecule has 0 saturated heterocycles. The summed E-state index contributed by atoms with van der Waals surface area (Å²) in [7, 11) is 0. The topological polar surface area (TPSA) is 79.2 Å². The zero-order valence-electron chi connectivity index (χ0n) is 16.0. The minimum atomic E-state index is -0.649. The van der Waals surface area contributed by atoms with Gasteiger partial charge in [0.25, 0.3) is 5.91 Å². The Morgan fingerprint density at radius 3 is 2.19 bits per heavy atom. The van der Waals surface area contributed by atoms with Crippen molar-refractivity contribution in [3.8, 4) is 11.8 Å². The van der Waals surface area contributed by atoms with E-state index in [1.54, 1.807) is 18.2 Å². The molecule has 0 aromatic heterocycles. The van der Waals surface area contributed by atoms with Crippen LogP contribution in [0.2, 0.25) is 20.1 Å². The Balaban J connectivity index is 1.72. The van der Waals surface area contributed by atoms with Gasteiger partial charge in [-0.1, -0.05) is 58.5 Å². The minimum Gasteiger partial charge on any atom is -0.423 e. The Hall–Kier alpha value is -3.01. The fraction of sp³-hybridized carbons (Fsp3) is 0. The SMILES string of the molecule is N#C/C(=C/c1ccc(OC(=O)c2ccc(Cl)cc2Cl)cc1)C(=O)Nc1cc(Cl)ccc1Cl. The number of hydrogen-bond acceptors (Lipinski definition) is 4. The van der Waals surface area contributed by atoms with Crippen molar-refractivity contribution in [1.82, 2.24) is 0 Å². The van der Waals surface area contributed by atoms with Crippen LogP contribution >= 0.6 is 46.4 Å². The molecule has 3 aromatic rings. The lowest BCUT2D eigenvalue weighted by molar-refractivity contribution is -0.112. The van der Waals surface area contributed by atoms with Crippen LogP contribution in [-0.2, 0) is 4.79 Å². The second-order valence-electron chi connectivity index (χ2n) is 6.33. The predicted molar refractivity (Wildman–Crippen MR) is 127 cm³/mol. The van der Waals surface area contributed by atoms with Crippen molar-refractivity contribution < 1.29 is 14.3 Å². The van der Waals surface area contributed by atoms with Gasteiger partial charge in [0, 0.05) is 10.0 Å². The number of benzene rings is 3. The van der Waals surface area contributed by atoms with E-state index in [0.717, 1.165) is 0 Å². The van der Waals surface area contributed by atoms with Crippen molar-refractivity contribution in [1.29, 1.82) is 5.26 Å². The third kappa shape index (κ3) is 6.03. The number of halogens is 4. The highest BCUT2D eigenvalue weighted by atomic mass is 35.5. The first-order chi connectivity index (χ1) is 15.3. The number of carbonyl (C=O) groups excluding carboxylic acids is 2. The highest BCUT2D eigenvalue weighted by molar-refractivity contribution is 6.37. The third-order valence-electron chi connectivity index (χ3n) is 4.09. The summed E-state index contributed by atoms with van der Waals surface area (Å²) in [6.45, 7) is 0. The van der Waals surface area contributed by atoms with Crippen LogP contribution in [0.1, 0.15) is 15.9 Å². The second kappa shape index (κ2) is 10.5. The minimum absolute atomic E-state index is 0.154. The average Bonchev–Trinajstić information content (AvgIpc) is 2.75. The van der Waals surface area contributed by atoms with Crippen LogP contribution in [0.15, 0.2) is 66.2 Å². The monoisotopic (exact) mass is 504 g/mol. The van der Waals surface area contributed by atoms with Crippen molar-refractivity contribution in [2.24, 2.45) is 0 Å². The van der Waals surface area contributed by atoms with Crippen molar-refractivity contribution in [3.05, 3.63) is 97.5 Å². The van der Waals surface area contributed by atoms with E-state index in [1.807, 2.05) is 6.07 Å². The van der Waals surface area contributed by atoms with Gasteiger partial charge in [0.1, 0.15) is 17.4 Å². The lowest BCUT2D eigenvalue weighted by Gasteiger charge is -2.08. The van der Waals surface area contributed by atoms with E-state index in [1.165, 1.54) is 48.5 Å². The summed E-state index contributed by atoms with van der Waals surface area (Å²) in [4.78, 5) is 24.7. The molecule has 0 aliphatic rings. The molecular weight excluding hydrogens is 494 g/mol. The Kier molecular flexibility index (Phi) is 7.79. The maximum absolute atomic E-state index is 12.4. The number of rotatable bonds is 5. The second-order valence-corrected chi connectivity index (χ2v) is 8.02. The van der Waals surface area contributed by atoms with Crippen molar-refractivity contribution in [2.75, 3.05) is 5.32 Å². The van der Waals surface area contributed by atoms with E-state index in [0.29, 0.717) is 15.6 Å². The molecule has 1 N–H and O–H groups in total. The molecule has 160 valence electrons. The molecule has 1 amide bonds. The molecule has 32 heavy (non-hydrogen) atoms. The Morgan fingerprint density at radius 2 is 1.53 bits per heavy atom. The van der Waals surface area contributed by atoms with Gasteiger partial charge in [-0.2, -0.15) is 5.26 Å². The van der Waals surface area contributed by atoms with E-state index < -0.39 is 11.9 Å². The molecular formula is C23H12Cl4N2O3. The largest absolute Gasteiger partial charge is 0.423 e. The van der Waals surface area contributed by atoms with Gasteiger partial charge < -0.3 is 10.1 Å². The standard InChI is InChI=1S/C23H12Cl4N2O3/c24-15-3-7-18(20(27)10-15)23(31)32-17-5-1-13(2-6-17)9-14(12-28)22(30)29-21-11-16(25)4-8-19(21)26/h1-11H,(H,29,30)/b14-9-. The molecule has 0 saturated carbocycles. The zero-order chi connectivity index (χ0) is 23.3. The highest BCUT2D eigenvalue weighted by Gasteiger charge is 2.14. The number of ether oxygens (including phenoxy) is 1. The maximum atomic E-state index is 12.4. The number of esters is 1. The molecule has 0 spiro atoms. The molecule has 0 aliphatic carbocycles. The molecule has 3 rings (SSSR count). The van der Waals surface area contributed by atoms with Crippen LogP contribution in [0.5, 0.6) is 5.75 Å². The number of nitrogens with one attached hydrogen (secondary N) is 1. The van der Waals surface area contributed by atoms with Crippen molar-refractivity contribution in [3.63, 3.8) is 0 Å². The molecule has 0 atom stereocenters. The number of amides is 1. The fourth-order valence-corrected chi connectivity index (χ4v) is 3.37. The summed E-state index contributed by atoms with van der Waals surface area (Å²) in [6, 6.07) is 17.1. The summed E-state index contributed by atoms with van der Waals surface area (Å²) in [5.41, 5.74) is 0.841. The molecule has 5 nitrogen and oxygen atoms in total. The summed E-state index contributed by atoms with van der Waals surface area (Å²) in [6.07, 6.45) is 1.38. The Labute approximate surface area is 203 Å². The first-order valence-corrected chi connectivity index (χ1v) is 10.4. The first kappa shape index (κ1) is 23.6. The van der Waals surface area contributed by atoms with Crippen LogP contribution in [0.3, 0.4) is 0 Å². The van der Waals surface area contributed by atoms with Crippen LogP contribution in [0, 0.1) is 11.3 Å². The summed E-state index contributed by atoms with van der Waals surface area (Å²) < 4.78 is 5.30. The molecule has 0 unspecified atom stereocenters. The molecule has 3 aromatic carbocycles. The average molecular weight is 506 g/mol. The van der Waals surface area contributed by atoms with Crippen molar-refractivity contribution in [2.45, 2.75) is 0 Å². The van der Waals surface area contributed by atoms with E-state index in [-0.39, 0.29) is 32.6 Å². The first-order valence-electron chi connectivity index (χ1n) is 8.92. The van der Waals surface area contributed by atoms with Gasteiger partial charge in [-0.15, -0.1) is 0 Å². The highest BCUT2D eigenvalue weighted by Crippen LogP contribution is 2.26. The molecule has 0 fully saturated rings. The lowest BCUT2D eigenvalue weighted by atomic mass is 10.1. The predicted octanol–water partition coefficient (Wildman–Crippen LogP) is 7.07. The maximum Gasteiger partial charge on any atom is 0.345 e. The fourth-order valence-electron chi connectivity index (χ4n) is 2.55. The molecule has 0 aliphatic heterocycles. The van der Waals surface area contributed by atoms with Gasteiger partial charge in [0.15, 0.2) is 0 Å². The quantitative estimate of drug-likeness (QED) is 0.174. The van der Waals surface area contributed by atoms with Crippen molar-refractivity contribution >= 4 is 70.0 Å². The Morgan fingerprint density at radius 1 is 0.875 bits per heavy atom. The van der Waals surface area contributed by atoms with Gasteiger partial charge in [-0.05, 0) is 60.2 Å². The Bertz CT molecular complexity index is 1270. The van der Waals surface area contributed by atoms with Gasteiger partial charge in [0.05, 0.1) is 21.3 Å². The van der Waals surface area contributed by atoms with Crippen LogP contribution in [0.4, 0.5) is 5.69 Å². The normalized spacial score (nSPS) is 10.9. The molecule has 0 radical (unpaired) electrons. The number of hydrogen-bond donors (Lipinski definition) is 1. The number of nitriles is 1. The van der Waals surface area contributed by atoms with Crippen LogP contribution in [-0.4, -0.2) is 11.9 Å². The third-order valence-corrected chi connectivity index (χ3v) is 5.21. The van der Waals surface area contributed by atoms with Gasteiger partial charge in [0.2, 0.25) is 0 Å². The smallest absolute Gasteiger partial charge is 0.345 e. The van der Waals surface area contributed by atoms with E-state index in [4.69, 9.17) is 51.1 Å². The summed E-state index contributed by atoms with van der Waals surface area (Å²) >= 11 is 23.8. The van der Waals surface area contributed by atoms with Gasteiger partial charge in [-0.25, -0.2) is 4.79 Å².